The average molecular weight is 442 g/mol. The summed E-state index contributed by atoms with van der Waals surface area (Å²) in [6, 6.07) is 14.6. The summed E-state index contributed by atoms with van der Waals surface area (Å²) in [5, 5.41) is 7.50. The molecule has 2 heterocycles. The Morgan fingerprint density at radius 1 is 1.03 bits per heavy atom. The number of anilines is 1. The number of amides is 1. The van der Waals surface area contributed by atoms with Gasteiger partial charge < -0.3 is 4.52 Å². The molecule has 0 fully saturated rings. The van der Waals surface area contributed by atoms with Crippen LogP contribution in [-0.2, 0) is 11.2 Å². The van der Waals surface area contributed by atoms with Crippen LogP contribution in [0, 0.1) is 5.82 Å². The molecule has 2 aromatic heterocycles. The summed E-state index contributed by atoms with van der Waals surface area (Å²) in [5.74, 6) is -0.647. The van der Waals surface area contributed by atoms with Gasteiger partial charge >= 0.3 is 0 Å². The van der Waals surface area contributed by atoms with Crippen molar-refractivity contribution in [3.63, 3.8) is 0 Å². The smallest absolute Gasteiger partial charge is 0.239 e. The minimum atomic E-state index is -0.467. The van der Waals surface area contributed by atoms with Crippen LogP contribution in [0.1, 0.15) is 5.56 Å². The maximum absolute atomic E-state index is 13.5. The Morgan fingerprint density at radius 3 is 2.53 bits per heavy atom. The van der Waals surface area contributed by atoms with E-state index in [1.165, 1.54) is 18.2 Å². The van der Waals surface area contributed by atoms with Gasteiger partial charge in [0.1, 0.15) is 11.5 Å². The van der Waals surface area contributed by atoms with E-state index in [0.717, 1.165) is 0 Å². The van der Waals surface area contributed by atoms with Crippen molar-refractivity contribution < 1.29 is 13.7 Å². The molecule has 0 aliphatic heterocycles. The van der Waals surface area contributed by atoms with Crippen molar-refractivity contribution in [3.8, 4) is 22.4 Å². The largest absolute Gasteiger partial charge is 0.337 e. The van der Waals surface area contributed by atoms with Gasteiger partial charge in [-0.2, -0.15) is 0 Å². The third-order valence-electron chi connectivity index (χ3n) is 4.41. The maximum atomic E-state index is 13.5. The van der Waals surface area contributed by atoms with Crippen molar-refractivity contribution >= 4 is 35.0 Å². The molecule has 4 aromatic rings. The van der Waals surface area contributed by atoms with Crippen LogP contribution >= 0.6 is 23.2 Å². The van der Waals surface area contributed by atoms with Crippen LogP contribution in [0.2, 0.25) is 10.0 Å². The first-order valence-electron chi connectivity index (χ1n) is 8.91. The Hall–Kier alpha value is -3.22. The van der Waals surface area contributed by atoms with Gasteiger partial charge in [-0.25, -0.2) is 4.39 Å². The average Bonchev–Trinajstić information content (AvgIpc) is 3.13. The predicted octanol–water partition coefficient (Wildman–Crippen LogP) is 6.03. The lowest BCUT2D eigenvalue weighted by Crippen LogP contribution is -2.14. The van der Waals surface area contributed by atoms with E-state index in [9.17, 15) is 9.18 Å². The lowest BCUT2D eigenvalue weighted by Gasteiger charge is -2.08. The number of hydrogen-bond acceptors (Lipinski definition) is 4. The number of carbonyl (C=O) groups is 1. The fourth-order valence-corrected chi connectivity index (χ4v) is 3.47. The monoisotopic (exact) mass is 441 g/mol. The van der Waals surface area contributed by atoms with Gasteiger partial charge in [-0.15, -0.1) is 0 Å². The van der Waals surface area contributed by atoms with Gasteiger partial charge in [0.2, 0.25) is 11.8 Å². The van der Waals surface area contributed by atoms with Gasteiger partial charge in [0.15, 0.2) is 0 Å². The van der Waals surface area contributed by atoms with Crippen molar-refractivity contribution in [2.24, 2.45) is 0 Å². The fourth-order valence-electron chi connectivity index (χ4n) is 3.01. The lowest BCUT2D eigenvalue weighted by molar-refractivity contribution is -0.115. The number of carbonyl (C=O) groups excluding carboxylic acids is 1. The molecule has 1 N–H and O–H groups in total. The molecule has 2 aromatic carbocycles. The van der Waals surface area contributed by atoms with Gasteiger partial charge in [0, 0.05) is 23.0 Å². The number of benzene rings is 2. The van der Waals surface area contributed by atoms with Crippen LogP contribution in [0.5, 0.6) is 0 Å². The molecule has 30 heavy (non-hydrogen) atoms. The number of nitrogens with one attached hydrogen (secondary N) is 1. The highest BCUT2D eigenvalue weighted by Crippen LogP contribution is 2.40. The second kappa shape index (κ2) is 8.65. The molecule has 0 aliphatic carbocycles. The highest BCUT2D eigenvalue weighted by atomic mass is 35.5. The highest BCUT2D eigenvalue weighted by molar-refractivity contribution is 6.33. The standard InChI is InChI=1S/C22H14Cl2FN3O2/c23-17-4-2-1-3-14(17)11-19(29)27-22-20(13-7-9-26-10-8-13)21(28-30-22)16-6-5-15(25)12-18(16)24/h1-10,12H,11H2,(H,27,29). The lowest BCUT2D eigenvalue weighted by atomic mass is 10.0. The summed E-state index contributed by atoms with van der Waals surface area (Å²) in [4.78, 5) is 16.6. The fraction of sp³-hybridized carbons (Fsp3) is 0.0455. The Kier molecular flexibility index (Phi) is 5.79. The van der Waals surface area contributed by atoms with Gasteiger partial charge in [0.05, 0.1) is 17.0 Å². The topological polar surface area (TPSA) is 68.0 Å². The van der Waals surface area contributed by atoms with Gasteiger partial charge in [0.25, 0.3) is 0 Å². The van der Waals surface area contributed by atoms with Crippen molar-refractivity contribution in [2.45, 2.75) is 6.42 Å². The van der Waals surface area contributed by atoms with E-state index in [2.05, 4.69) is 15.5 Å². The molecular weight excluding hydrogens is 428 g/mol. The summed E-state index contributed by atoms with van der Waals surface area (Å²) in [6.45, 7) is 0. The maximum Gasteiger partial charge on any atom is 0.239 e. The number of hydrogen-bond donors (Lipinski definition) is 1. The van der Waals surface area contributed by atoms with E-state index in [0.29, 0.717) is 33.0 Å². The van der Waals surface area contributed by atoms with E-state index in [1.54, 1.807) is 48.8 Å². The Bertz CT molecular complexity index is 1210. The second-order valence-corrected chi connectivity index (χ2v) is 7.23. The van der Waals surface area contributed by atoms with E-state index >= 15 is 0 Å². The van der Waals surface area contributed by atoms with Crippen LogP contribution in [0.4, 0.5) is 10.3 Å². The molecule has 0 radical (unpaired) electrons. The number of halogens is 3. The van der Waals surface area contributed by atoms with Crippen molar-refractivity contribution in [1.29, 1.82) is 0 Å². The van der Waals surface area contributed by atoms with Crippen LogP contribution in [-0.4, -0.2) is 16.0 Å². The predicted molar refractivity (Wildman–Crippen MR) is 114 cm³/mol. The van der Waals surface area contributed by atoms with E-state index in [1.807, 2.05) is 0 Å². The molecule has 0 atom stereocenters. The third kappa shape index (κ3) is 4.20. The zero-order valence-corrected chi connectivity index (χ0v) is 16.9. The summed E-state index contributed by atoms with van der Waals surface area (Å²) >= 11 is 12.4. The van der Waals surface area contributed by atoms with Crippen LogP contribution in [0.3, 0.4) is 0 Å². The number of nitrogens with zero attached hydrogens (tertiary/aromatic N) is 2. The Morgan fingerprint density at radius 2 is 1.80 bits per heavy atom. The van der Waals surface area contributed by atoms with Crippen molar-refractivity contribution in [1.82, 2.24) is 10.1 Å². The van der Waals surface area contributed by atoms with Gasteiger partial charge in [-0.05, 0) is 47.5 Å². The van der Waals surface area contributed by atoms with Crippen LogP contribution < -0.4 is 5.32 Å². The van der Waals surface area contributed by atoms with Gasteiger partial charge in [-0.3, -0.25) is 15.1 Å². The number of rotatable bonds is 5. The van der Waals surface area contributed by atoms with Crippen molar-refractivity contribution in [2.75, 3.05) is 5.32 Å². The van der Waals surface area contributed by atoms with E-state index < -0.39 is 5.82 Å². The molecule has 0 spiro atoms. The highest BCUT2D eigenvalue weighted by Gasteiger charge is 2.23. The third-order valence-corrected chi connectivity index (χ3v) is 5.09. The summed E-state index contributed by atoms with van der Waals surface area (Å²) in [6.07, 6.45) is 3.27. The summed E-state index contributed by atoms with van der Waals surface area (Å²) in [7, 11) is 0. The first-order valence-corrected chi connectivity index (χ1v) is 9.67. The molecule has 0 saturated heterocycles. The van der Waals surface area contributed by atoms with Crippen molar-refractivity contribution in [3.05, 3.63) is 88.4 Å². The molecule has 4 rings (SSSR count). The molecule has 5 nitrogen and oxygen atoms in total. The first-order chi connectivity index (χ1) is 14.5. The second-order valence-electron chi connectivity index (χ2n) is 6.41. The Balaban J connectivity index is 1.72. The minimum absolute atomic E-state index is 0.0583. The zero-order valence-electron chi connectivity index (χ0n) is 15.4. The molecule has 0 unspecified atom stereocenters. The summed E-state index contributed by atoms with van der Waals surface area (Å²) < 4.78 is 18.9. The molecule has 150 valence electrons. The molecule has 1 amide bonds. The summed E-state index contributed by atoms with van der Waals surface area (Å²) in [5.41, 5.74) is 2.75. The number of pyridine rings is 1. The normalized spacial score (nSPS) is 10.8. The first kappa shape index (κ1) is 20.1. The number of aromatic nitrogens is 2. The molecular formula is C22H14Cl2FN3O2. The van der Waals surface area contributed by atoms with E-state index in [-0.39, 0.29) is 23.2 Å². The zero-order chi connectivity index (χ0) is 21.1. The van der Waals surface area contributed by atoms with Gasteiger partial charge in [-0.1, -0.05) is 46.6 Å². The van der Waals surface area contributed by atoms with Crippen LogP contribution in [0.15, 0.2) is 71.5 Å². The van der Waals surface area contributed by atoms with Crippen LogP contribution in [0.25, 0.3) is 22.4 Å². The quantitative estimate of drug-likeness (QED) is 0.410. The minimum Gasteiger partial charge on any atom is -0.337 e. The molecule has 0 bridgehead atoms. The SMILES string of the molecule is O=C(Cc1ccccc1Cl)Nc1onc(-c2ccc(F)cc2Cl)c1-c1ccncc1. The van der Waals surface area contributed by atoms with E-state index in [4.69, 9.17) is 27.7 Å². The molecule has 8 heteroatoms. The molecule has 0 aliphatic rings. The Labute approximate surface area is 181 Å². The molecule has 0 saturated carbocycles.